The number of esters is 3. The number of benzene rings is 2. The zero-order valence-electron chi connectivity index (χ0n) is 35.3. The van der Waals surface area contributed by atoms with Gasteiger partial charge in [-0.1, -0.05) is 44.2 Å². The fraction of sp³-hybridized carbons (Fsp3) is 0.587. The maximum atomic E-state index is 15.3. The number of ether oxygens (including phenoxy) is 4. The van der Waals surface area contributed by atoms with Gasteiger partial charge < -0.3 is 39.0 Å². The van der Waals surface area contributed by atoms with Gasteiger partial charge >= 0.3 is 17.9 Å². The molecule has 1 aliphatic carbocycles. The first-order valence-electron chi connectivity index (χ1n) is 21.2. The Bertz CT molecular complexity index is 2260. The molecule has 10 atom stereocenters. The molecule has 2 saturated heterocycles. The molecule has 6 unspecified atom stereocenters. The average molecular weight is 811 g/mol. The number of aromatic amines is 1. The van der Waals surface area contributed by atoms with Crippen LogP contribution >= 0.6 is 0 Å². The van der Waals surface area contributed by atoms with Crippen LogP contribution in [0.3, 0.4) is 0 Å². The van der Waals surface area contributed by atoms with Crippen molar-refractivity contribution in [3.8, 4) is 5.75 Å². The van der Waals surface area contributed by atoms with Gasteiger partial charge in [-0.15, -0.1) is 0 Å². The van der Waals surface area contributed by atoms with E-state index in [-0.39, 0.29) is 12.0 Å². The highest BCUT2D eigenvalue weighted by Gasteiger charge is 2.80. The number of carbonyl (C=O) groups is 3. The fourth-order valence-electron chi connectivity index (χ4n) is 13.5. The molecule has 316 valence electrons. The smallest absolute Gasteiger partial charge is 0.344 e. The number of carbonyl (C=O) groups excluding carboxylic acids is 3. The Labute approximate surface area is 345 Å². The molecule has 3 fully saturated rings. The second-order valence-corrected chi connectivity index (χ2v) is 18.2. The normalized spacial score (nSPS) is 37.0. The molecular weight excluding hydrogens is 753 g/mol. The lowest BCUT2D eigenvalue weighted by Gasteiger charge is -2.63. The Morgan fingerprint density at radius 1 is 0.949 bits per heavy atom. The summed E-state index contributed by atoms with van der Waals surface area (Å²) >= 11 is 0. The Morgan fingerprint density at radius 3 is 2.41 bits per heavy atom. The highest BCUT2D eigenvalue weighted by Crippen LogP contribution is 2.68. The maximum Gasteiger partial charge on any atom is 0.344 e. The lowest BCUT2D eigenvalue weighted by Crippen LogP contribution is -2.81. The molecule has 5 aliphatic heterocycles. The number of hydrogen-bond donors (Lipinski definition) is 3. The zero-order chi connectivity index (χ0) is 41.9. The second kappa shape index (κ2) is 13.8. The predicted octanol–water partition coefficient (Wildman–Crippen LogP) is 3.99. The van der Waals surface area contributed by atoms with Crippen LogP contribution in [0.1, 0.15) is 75.3 Å². The minimum Gasteiger partial charge on any atom is -0.496 e. The molecule has 1 spiro atoms. The van der Waals surface area contributed by atoms with E-state index in [1.165, 1.54) is 21.1 Å². The molecular formula is C46H58N4O9. The summed E-state index contributed by atoms with van der Waals surface area (Å²) in [6, 6.07) is 11.0. The monoisotopic (exact) mass is 810 g/mol. The third-order valence-corrected chi connectivity index (χ3v) is 15.6. The molecule has 9 rings (SSSR count). The van der Waals surface area contributed by atoms with Gasteiger partial charge in [-0.25, -0.2) is 4.79 Å². The Balaban J connectivity index is 1.36. The van der Waals surface area contributed by atoms with Crippen molar-refractivity contribution in [1.29, 1.82) is 0 Å². The minimum atomic E-state index is -2.30. The number of likely N-dealkylation sites (N-methyl/N-ethyl adjacent to an activating group) is 1. The molecule has 3 N–H and O–H groups in total. The predicted molar refractivity (Wildman–Crippen MR) is 220 cm³/mol. The van der Waals surface area contributed by atoms with Crippen LogP contribution in [-0.2, 0) is 45.8 Å². The van der Waals surface area contributed by atoms with Crippen molar-refractivity contribution in [3.63, 3.8) is 0 Å². The van der Waals surface area contributed by atoms with Crippen molar-refractivity contribution in [2.45, 2.75) is 99.5 Å². The molecule has 59 heavy (non-hydrogen) atoms. The number of rotatable bonds is 7. The minimum absolute atomic E-state index is 0.0986. The lowest BCUT2D eigenvalue weighted by atomic mass is 9.47. The molecule has 2 bridgehead atoms. The van der Waals surface area contributed by atoms with Gasteiger partial charge in [0, 0.05) is 90.9 Å². The van der Waals surface area contributed by atoms with E-state index in [1.807, 2.05) is 50.1 Å². The van der Waals surface area contributed by atoms with Crippen LogP contribution in [0.4, 0.5) is 5.69 Å². The first-order chi connectivity index (χ1) is 28.2. The number of nitrogens with zero attached hydrogens (tertiary/aromatic N) is 3. The Hall–Kier alpha value is -4.43. The SMILES string of the molecule is CC[C@]1(O)CC2CN(CCc3c([nH]c4ccccc34)[C@@](C(=O)OC)(c3cc4c(cc3OC)N(C)C3C45CCN4CC=C[C@](CC)(C45)C(OC(C)=O)[C@]3(O)C(=O)OC)C2)C1. The number of nitrogens with one attached hydrogen (secondary N) is 1. The van der Waals surface area contributed by atoms with Gasteiger partial charge in [0.15, 0.2) is 6.10 Å². The van der Waals surface area contributed by atoms with E-state index >= 15 is 4.79 Å². The van der Waals surface area contributed by atoms with E-state index in [0.717, 1.165) is 33.4 Å². The van der Waals surface area contributed by atoms with Crippen molar-refractivity contribution >= 4 is 34.5 Å². The summed E-state index contributed by atoms with van der Waals surface area (Å²) in [5.41, 5.74) is -1.62. The summed E-state index contributed by atoms with van der Waals surface area (Å²) in [7, 11) is 6.15. The highest BCUT2D eigenvalue weighted by molar-refractivity contribution is 5.95. The molecule has 13 nitrogen and oxygen atoms in total. The van der Waals surface area contributed by atoms with E-state index in [4.69, 9.17) is 18.9 Å². The number of hydrogen-bond acceptors (Lipinski definition) is 12. The van der Waals surface area contributed by atoms with Crippen LogP contribution < -0.4 is 9.64 Å². The summed E-state index contributed by atoms with van der Waals surface area (Å²) in [4.78, 5) is 53.2. The quantitative estimate of drug-likeness (QED) is 0.180. The van der Waals surface area contributed by atoms with Crippen LogP contribution in [0.25, 0.3) is 10.9 Å². The molecule has 3 aromatic rings. The van der Waals surface area contributed by atoms with Gasteiger partial charge in [-0.05, 0) is 74.2 Å². The number of fused-ring (bicyclic) bond motifs is 6. The molecule has 1 aromatic heterocycles. The van der Waals surface area contributed by atoms with Crippen molar-refractivity contribution in [2.24, 2.45) is 11.3 Å². The van der Waals surface area contributed by atoms with E-state index in [0.29, 0.717) is 82.6 Å². The van der Waals surface area contributed by atoms with Crippen molar-refractivity contribution in [3.05, 3.63) is 70.9 Å². The van der Waals surface area contributed by atoms with Crippen molar-refractivity contribution in [1.82, 2.24) is 14.8 Å². The molecule has 13 heteroatoms. The van der Waals surface area contributed by atoms with Crippen LogP contribution in [-0.4, -0.2) is 133 Å². The van der Waals surface area contributed by atoms with Gasteiger partial charge in [-0.2, -0.15) is 0 Å². The third kappa shape index (κ3) is 5.20. The zero-order valence-corrected chi connectivity index (χ0v) is 35.3. The lowest BCUT2D eigenvalue weighted by molar-refractivity contribution is -0.228. The topological polar surface area (TPSA) is 154 Å². The Morgan fingerprint density at radius 2 is 1.71 bits per heavy atom. The second-order valence-electron chi connectivity index (χ2n) is 18.2. The average Bonchev–Trinajstić information content (AvgIpc) is 3.90. The van der Waals surface area contributed by atoms with Gasteiger partial charge in [0.2, 0.25) is 5.60 Å². The first-order valence-corrected chi connectivity index (χ1v) is 21.2. The summed E-state index contributed by atoms with van der Waals surface area (Å²) in [5.74, 6) is -1.56. The van der Waals surface area contributed by atoms with Crippen molar-refractivity contribution < 1.29 is 43.5 Å². The van der Waals surface area contributed by atoms with Crippen LogP contribution in [0.2, 0.25) is 0 Å². The summed E-state index contributed by atoms with van der Waals surface area (Å²) in [6.45, 7) is 8.62. The maximum absolute atomic E-state index is 15.3. The van der Waals surface area contributed by atoms with Crippen LogP contribution in [0.5, 0.6) is 5.75 Å². The van der Waals surface area contributed by atoms with Gasteiger partial charge in [0.1, 0.15) is 11.2 Å². The Kier molecular flexibility index (Phi) is 9.36. The summed E-state index contributed by atoms with van der Waals surface area (Å²) in [5, 5.41) is 26.3. The van der Waals surface area contributed by atoms with E-state index in [2.05, 4.69) is 39.1 Å². The third-order valence-electron chi connectivity index (χ3n) is 15.6. The number of anilines is 1. The van der Waals surface area contributed by atoms with Gasteiger partial charge in [-0.3, -0.25) is 19.4 Å². The number of para-hydroxylation sites is 1. The van der Waals surface area contributed by atoms with Crippen LogP contribution in [0.15, 0.2) is 48.6 Å². The van der Waals surface area contributed by atoms with Crippen LogP contribution in [0, 0.1) is 11.3 Å². The molecule has 0 radical (unpaired) electrons. The molecule has 6 aliphatic rings. The number of H-pyrrole nitrogens is 1. The highest BCUT2D eigenvalue weighted by atomic mass is 16.6. The van der Waals surface area contributed by atoms with E-state index < -0.39 is 57.5 Å². The standard InChI is InChI=1S/C46H58N4O9/c1-8-42(54)23-28-24-45(40(52)57-6,36-30(15-19-49(25-28)26-42)29-13-10-11-14-33(29)47-36)32-21-31-34(22-35(32)56-5)48(4)38-44(31)17-20-50-18-12-16-43(9-2,37(44)50)39(59-27(3)51)46(38,55)41(53)58-7/h10-14,16,21-22,28,37-39,47,54-55H,8-9,15,17-20,23-26H2,1-7H3/t28?,37?,38?,39?,42-,43+,44?,45-,46-/m0/s1. The molecule has 2 aromatic carbocycles. The summed E-state index contributed by atoms with van der Waals surface area (Å²) in [6.07, 6.45) is 5.94. The number of aliphatic hydroxyl groups is 2. The number of methoxy groups -OCH3 is 3. The molecule has 6 heterocycles. The molecule has 1 saturated carbocycles. The first kappa shape index (κ1) is 40.0. The van der Waals surface area contributed by atoms with Crippen molar-refractivity contribution in [2.75, 3.05) is 66.0 Å². The van der Waals surface area contributed by atoms with Gasteiger partial charge in [0.25, 0.3) is 0 Å². The summed E-state index contributed by atoms with van der Waals surface area (Å²) < 4.78 is 23.9. The van der Waals surface area contributed by atoms with E-state index in [1.54, 1.807) is 7.11 Å². The number of aromatic nitrogens is 1. The largest absolute Gasteiger partial charge is 0.496 e. The van der Waals surface area contributed by atoms with E-state index in [9.17, 15) is 19.8 Å². The molecule has 0 amide bonds. The number of piperidine rings is 1. The fourth-order valence-corrected chi connectivity index (χ4v) is 13.5. The van der Waals surface area contributed by atoms with Gasteiger partial charge in [0.05, 0.1) is 33.0 Å².